The van der Waals surface area contributed by atoms with Gasteiger partial charge < -0.3 is 15.4 Å². The van der Waals surface area contributed by atoms with Gasteiger partial charge in [-0.1, -0.05) is 19.9 Å². The Kier molecular flexibility index (Phi) is 5.36. The summed E-state index contributed by atoms with van der Waals surface area (Å²) < 4.78 is 5.33. The molecule has 0 aliphatic rings. The maximum Gasteiger partial charge on any atom is 0.228 e. The van der Waals surface area contributed by atoms with E-state index in [4.69, 9.17) is 10.5 Å². The largest absolute Gasteiger partial charge is 0.495 e. The second kappa shape index (κ2) is 6.57. The summed E-state index contributed by atoms with van der Waals surface area (Å²) >= 11 is 0. The molecule has 0 aliphatic carbocycles. The summed E-state index contributed by atoms with van der Waals surface area (Å²) in [5.74, 6) is 1.10. The molecule has 2 N–H and O–H groups in total. The molecule has 0 spiro atoms. The number of nitrogens with two attached hydrogens (primary N) is 1. The fourth-order valence-corrected chi connectivity index (χ4v) is 1.87. The minimum Gasteiger partial charge on any atom is -0.495 e. The van der Waals surface area contributed by atoms with Gasteiger partial charge in [0, 0.05) is 19.5 Å². The van der Waals surface area contributed by atoms with Crippen LogP contribution < -0.4 is 15.4 Å². The molecule has 4 heteroatoms. The zero-order chi connectivity index (χ0) is 14.6. The predicted molar refractivity (Wildman–Crippen MR) is 78.8 cm³/mol. The smallest absolute Gasteiger partial charge is 0.228 e. The Morgan fingerprint density at radius 3 is 2.47 bits per heavy atom. The van der Waals surface area contributed by atoms with Crippen LogP contribution in [0.5, 0.6) is 5.75 Å². The van der Waals surface area contributed by atoms with Crippen LogP contribution in [0.15, 0.2) is 18.2 Å². The van der Waals surface area contributed by atoms with Crippen molar-refractivity contribution < 1.29 is 9.53 Å². The number of benzene rings is 1. The summed E-state index contributed by atoms with van der Waals surface area (Å²) in [6.07, 6.45) is 0.325. The Morgan fingerprint density at radius 1 is 1.37 bits per heavy atom. The lowest BCUT2D eigenvalue weighted by Crippen LogP contribution is -2.32. The Hall–Kier alpha value is -1.55. The highest BCUT2D eigenvalue weighted by atomic mass is 16.5. The lowest BCUT2D eigenvalue weighted by Gasteiger charge is -2.22. The maximum absolute atomic E-state index is 12.1. The molecule has 1 unspecified atom stereocenters. The summed E-state index contributed by atoms with van der Waals surface area (Å²) in [6.45, 7) is 6.07. The van der Waals surface area contributed by atoms with Crippen LogP contribution in [0.1, 0.15) is 38.7 Å². The van der Waals surface area contributed by atoms with Crippen LogP contribution in [0.2, 0.25) is 0 Å². The molecule has 1 aromatic carbocycles. The van der Waals surface area contributed by atoms with Gasteiger partial charge in [0.05, 0.1) is 12.8 Å². The van der Waals surface area contributed by atoms with Crippen molar-refractivity contribution in [2.24, 2.45) is 5.73 Å². The zero-order valence-electron chi connectivity index (χ0n) is 12.4. The van der Waals surface area contributed by atoms with Crippen LogP contribution in [0.25, 0.3) is 0 Å². The van der Waals surface area contributed by atoms with Crippen molar-refractivity contribution in [3.63, 3.8) is 0 Å². The Morgan fingerprint density at radius 2 is 2.00 bits per heavy atom. The van der Waals surface area contributed by atoms with Crippen molar-refractivity contribution in [3.05, 3.63) is 23.8 Å². The number of nitrogens with zero attached hydrogens (tertiary/aromatic N) is 1. The van der Waals surface area contributed by atoms with E-state index in [1.54, 1.807) is 19.1 Å². The lowest BCUT2D eigenvalue weighted by atomic mass is 10.0. The molecule has 0 aliphatic heterocycles. The van der Waals surface area contributed by atoms with Crippen molar-refractivity contribution in [1.82, 2.24) is 0 Å². The molecule has 0 saturated carbocycles. The number of carbonyl (C=O) groups is 1. The number of ether oxygens (including phenoxy) is 1. The summed E-state index contributed by atoms with van der Waals surface area (Å²) in [5, 5.41) is 0. The monoisotopic (exact) mass is 264 g/mol. The van der Waals surface area contributed by atoms with Gasteiger partial charge in [0.1, 0.15) is 5.75 Å². The average molecular weight is 264 g/mol. The van der Waals surface area contributed by atoms with Gasteiger partial charge in [-0.15, -0.1) is 0 Å². The number of methoxy groups -OCH3 is 1. The summed E-state index contributed by atoms with van der Waals surface area (Å²) in [5.41, 5.74) is 7.65. The maximum atomic E-state index is 12.1. The fraction of sp³-hybridized carbons (Fsp3) is 0.533. The molecule has 1 atom stereocenters. The summed E-state index contributed by atoms with van der Waals surface area (Å²) in [6, 6.07) is 5.79. The van der Waals surface area contributed by atoms with E-state index >= 15 is 0 Å². The number of rotatable bonds is 5. The van der Waals surface area contributed by atoms with Crippen LogP contribution in [-0.4, -0.2) is 26.1 Å². The van der Waals surface area contributed by atoms with E-state index in [2.05, 4.69) is 13.8 Å². The molecular formula is C15H24N2O2. The number of amides is 1. The van der Waals surface area contributed by atoms with Crippen molar-refractivity contribution in [1.29, 1.82) is 0 Å². The Bertz CT molecular complexity index is 442. The van der Waals surface area contributed by atoms with Crippen LogP contribution in [0.4, 0.5) is 5.69 Å². The first kappa shape index (κ1) is 15.5. The van der Waals surface area contributed by atoms with Gasteiger partial charge in [0.2, 0.25) is 5.91 Å². The molecule has 0 bridgehead atoms. The predicted octanol–water partition coefficient (Wildman–Crippen LogP) is 2.52. The van der Waals surface area contributed by atoms with E-state index in [1.807, 2.05) is 25.1 Å². The quantitative estimate of drug-likeness (QED) is 0.889. The molecule has 1 amide bonds. The number of anilines is 1. The highest BCUT2D eigenvalue weighted by molar-refractivity contribution is 5.94. The molecule has 0 aromatic heterocycles. The average Bonchev–Trinajstić information content (AvgIpc) is 2.36. The SMILES string of the molecule is COc1ccc(C(C)C)cc1N(C)C(=O)CC(C)N. The number of carbonyl (C=O) groups excluding carboxylic acids is 1. The Balaban J connectivity index is 3.08. The molecule has 1 aromatic rings. The van der Waals surface area contributed by atoms with Gasteiger partial charge >= 0.3 is 0 Å². The molecule has 4 nitrogen and oxygen atoms in total. The van der Waals surface area contributed by atoms with Gasteiger partial charge in [-0.3, -0.25) is 4.79 Å². The van der Waals surface area contributed by atoms with Crippen LogP contribution in [0.3, 0.4) is 0 Å². The first-order chi connectivity index (χ1) is 8.86. The van der Waals surface area contributed by atoms with Crippen LogP contribution in [-0.2, 0) is 4.79 Å². The van der Waals surface area contributed by atoms with E-state index in [1.165, 1.54) is 5.56 Å². The normalized spacial score (nSPS) is 12.4. The van der Waals surface area contributed by atoms with Crippen molar-refractivity contribution >= 4 is 11.6 Å². The summed E-state index contributed by atoms with van der Waals surface area (Å²) in [7, 11) is 3.37. The molecule has 0 fully saturated rings. The topological polar surface area (TPSA) is 55.6 Å². The van der Waals surface area contributed by atoms with Gasteiger partial charge in [0.15, 0.2) is 0 Å². The van der Waals surface area contributed by atoms with E-state index in [9.17, 15) is 4.79 Å². The van der Waals surface area contributed by atoms with Crippen molar-refractivity contribution in [2.45, 2.75) is 39.2 Å². The second-order valence-electron chi connectivity index (χ2n) is 5.22. The third kappa shape index (κ3) is 3.96. The second-order valence-corrected chi connectivity index (χ2v) is 5.22. The van der Waals surface area contributed by atoms with Gasteiger partial charge in [0.25, 0.3) is 0 Å². The third-order valence-electron chi connectivity index (χ3n) is 3.10. The molecular weight excluding hydrogens is 240 g/mol. The van der Waals surface area contributed by atoms with E-state index in [0.29, 0.717) is 18.1 Å². The molecule has 1 rings (SSSR count). The summed E-state index contributed by atoms with van der Waals surface area (Å²) in [4.78, 5) is 13.7. The van der Waals surface area contributed by atoms with E-state index in [0.717, 1.165) is 5.69 Å². The zero-order valence-corrected chi connectivity index (χ0v) is 12.4. The first-order valence-electron chi connectivity index (χ1n) is 6.56. The van der Waals surface area contributed by atoms with Gasteiger partial charge in [-0.2, -0.15) is 0 Å². The van der Waals surface area contributed by atoms with Crippen molar-refractivity contribution in [3.8, 4) is 5.75 Å². The lowest BCUT2D eigenvalue weighted by molar-refractivity contribution is -0.118. The van der Waals surface area contributed by atoms with Crippen molar-refractivity contribution in [2.75, 3.05) is 19.1 Å². The van der Waals surface area contributed by atoms with Gasteiger partial charge in [-0.25, -0.2) is 0 Å². The van der Waals surface area contributed by atoms with E-state index < -0.39 is 0 Å². The third-order valence-corrected chi connectivity index (χ3v) is 3.10. The number of hydrogen-bond donors (Lipinski definition) is 1. The molecule has 0 radical (unpaired) electrons. The molecule has 0 saturated heterocycles. The molecule has 106 valence electrons. The minimum absolute atomic E-state index is 0.00536. The molecule has 19 heavy (non-hydrogen) atoms. The van der Waals surface area contributed by atoms with Crippen LogP contribution >= 0.6 is 0 Å². The fourth-order valence-electron chi connectivity index (χ4n) is 1.87. The van der Waals surface area contributed by atoms with E-state index in [-0.39, 0.29) is 11.9 Å². The van der Waals surface area contributed by atoms with Crippen LogP contribution in [0, 0.1) is 0 Å². The Labute approximate surface area is 115 Å². The standard InChI is InChI=1S/C15H24N2O2/c1-10(2)12-6-7-14(19-5)13(9-12)17(4)15(18)8-11(3)16/h6-7,9-11H,8,16H2,1-5H3. The van der Waals surface area contributed by atoms with Gasteiger partial charge in [-0.05, 0) is 30.5 Å². The minimum atomic E-state index is -0.144. The highest BCUT2D eigenvalue weighted by Crippen LogP contribution is 2.31. The number of hydrogen-bond acceptors (Lipinski definition) is 3. The highest BCUT2D eigenvalue weighted by Gasteiger charge is 2.17. The first-order valence-corrected chi connectivity index (χ1v) is 6.56. The molecule has 0 heterocycles.